The Kier molecular flexibility index (Phi) is 3.09. The molecule has 94 valence electrons. The third-order valence-corrected chi connectivity index (χ3v) is 3.89. The van der Waals surface area contributed by atoms with Crippen LogP contribution < -0.4 is 0 Å². The van der Waals surface area contributed by atoms with Crippen LogP contribution >= 0.6 is 0 Å². The first kappa shape index (κ1) is 12.0. The molecule has 0 bridgehead atoms. The number of amides is 1. The lowest BCUT2D eigenvalue weighted by Crippen LogP contribution is -2.72. The molecule has 2 fully saturated rings. The van der Waals surface area contributed by atoms with Crippen molar-refractivity contribution in [3.63, 3.8) is 0 Å². The van der Waals surface area contributed by atoms with E-state index in [2.05, 4.69) is 6.58 Å². The van der Waals surface area contributed by atoms with Crippen LogP contribution in [-0.2, 0) is 9.53 Å². The Labute approximate surface area is 100 Å². The van der Waals surface area contributed by atoms with Crippen LogP contribution in [0, 0.1) is 5.92 Å². The van der Waals surface area contributed by atoms with Gasteiger partial charge in [-0.1, -0.05) is 12.7 Å². The number of rotatable bonds is 4. The lowest BCUT2D eigenvalue weighted by molar-refractivity contribution is -0.152. The van der Waals surface area contributed by atoms with Gasteiger partial charge in [0.25, 0.3) is 0 Å². The van der Waals surface area contributed by atoms with Crippen LogP contribution in [0.15, 0.2) is 12.7 Å². The highest BCUT2D eigenvalue weighted by atomic mass is 16.6. The molecule has 1 aliphatic carbocycles. The average Bonchev–Trinajstić information content (AvgIpc) is 2.17. The summed E-state index contributed by atoms with van der Waals surface area (Å²) >= 11 is 0. The zero-order valence-corrected chi connectivity index (χ0v) is 9.72. The van der Waals surface area contributed by atoms with Crippen molar-refractivity contribution in [1.29, 1.82) is 0 Å². The number of nitrogens with zero attached hydrogens (tertiary/aromatic N) is 1. The molecular formula is C12H17NO4. The van der Waals surface area contributed by atoms with Crippen molar-refractivity contribution < 1.29 is 19.4 Å². The second-order valence-electron chi connectivity index (χ2n) is 4.73. The van der Waals surface area contributed by atoms with E-state index in [0.29, 0.717) is 6.54 Å². The molecular weight excluding hydrogens is 222 g/mol. The molecule has 1 unspecified atom stereocenters. The Morgan fingerprint density at radius 3 is 2.71 bits per heavy atom. The number of carbonyl (C=O) groups is 2. The molecule has 17 heavy (non-hydrogen) atoms. The molecule has 1 N–H and O–H groups in total. The summed E-state index contributed by atoms with van der Waals surface area (Å²) in [6.07, 6.45) is 4.18. The molecule has 2 aliphatic rings. The van der Waals surface area contributed by atoms with Crippen LogP contribution in [0.5, 0.6) is 0 Å². The van der Waals surface area contributed by atoms with Gasteiger partial charge in [-0.3, -0.25) is 4.79 Å². The standard InChI is InChI=1S/C12H17NO4/c1-2-6-17-11(16)13-8-9(7-10(14)15)12(13)4-3-5-12/h2,9H,1,3-8H2,(H,14,15). The average molecular weight is 239 g/mol. The third-order valence-electron chi connectivity index (χ3n) is 3.89. The number of ether oxygens (including phenoxy) is 1. The molecule has 1 saturated carbocycles. The summed E-state index contributed by atoms with van der Waals surface area (Å²) in [4.78, 5) is 24.2. The van der Waals surface area contributed by atoms with Crippen LogP contribution in [0.25, 0.3) is 0 Å². The maximum Gasteiger partial charge on any atom is 0.410 e. The summed E-state index contributed by atoms with van der Waals surface area (Å²) in [5.41, 5.74) is -0.226. The van der Waals surface area contributed by atoms with Crippen LogP contribution in [0.3, 0.4) is 0 Å². The molecule has 1 spiro atoms. The number of aliphatic carboxylic acids is 1. The predicted octanol–water partition coefficient (Wildman–Crippen LogP) is 1.64. The number of hydrogen-bond donors (Lipinski definition) is 1. The first-order valence-electron chi connectivity index (χ1n) is 5.87. The molecule has 5 heteroatoms. The summed E-state index contributed by atoms with van der Waals surface area (Å²) < 4.78 is 5.00. The van der Waals surface area contributed by atoms with Gasteiger partial charge in [0.2, 0.25) is 0 Å². The topological polar surface area (TPSA) is 66.8 Å². The summed E-state index contributed by atoms with van der Waals surface area (Å²) in [6, 6.07) is 0. The van der Waals surface area contributed by atoms with Crippen molar-refractivity contribution in [1.82, 2.24) is 4.90 Å². The van der Waals surface area contributed by atoms with Gasteiger partial charge in [0.05, 0.1) is 12.0 Å². The Bertz CT molecular complexity index is 348. The van der Waals surface area contributed by atoms with Crippen molar-refractivity contribution in [2.75, 3.05) is 13.2 Å². The molecule has 0 radical (unpaired) electrons. The summed E-state index contributed by atoms with van der Waals surface area (Å²) in [7, 11) is 0. The lowest BCUT2D eigenvalue weighted by Gasteiger charge is -2.62. The Hall–Kier alpha value is -1.52. The number of carbonyl (C=O) groups excluding carboxylic acids is 1. The van der Waals surface area contributed by atoms with Crippen molar-refractivity contribution in [2.45, 2.75) is 31.2 Å². The number of carboxylic acid groups (broad SMARTS) is 1. The quantitative estimate of drug-likeness (QED) is 0.757. The molecule has 1 aliphatic heterocycles. The van der Waals surface area contributed by atoms with Gasteiger partial charge < -0.3 is 14.7 Å². The summed E-state index contributed by atoms with van der Waals surface area (Å²) in [5, 5.41) is 8.82. The van der Waals surface area contributed by atoms with Crippen LogP contribution in [0.1, 0.15) is 25.7 Å². The SMILES string of the molecule is C=CCOC(=O)N1CC(CC(=O)O)C12CCC2. The fourth-order valence-electron chi connectivity index (χ4n) is 2.83. The first-order valence-corrected chi connectivity index (χ1v) is 5.87. The highest BCUT2D eigenvalue weighted by Gasteiger charge is 2.59. The van der Waals surface area contributed by atoms with E-state index in [1.165, 1.54) is 6.08 Å². The van der Waals surface area contributed by atoms with Crippen molar-refractivity contribution in [3.05, 3.63) is 12.7 Å². The Morgan fingerprint density at radius 2 is 2.24 bits per heavy atom. The van der Waals surface area contributed by atoms with Gasteiger partial charge in [0.1, 0.15) is 6.61 Å². The minimum atomic E-state index is -0.791. The molecule has 1 atom stereocenters. The fraction of sp³-hybridized carbons (Fsp3) is 0.667. The molecule has 2 rings (SSSR count). The molecule has 1 heterocycles. The summed E-state index contributed by atoms with van der Waals surface area (Å²) in [6.45, 7) is 4.19. The number of hydrogen-bond acceptors (Lipinski definition) is 3. The predicted molar refractivity (Wildman–Crippen MR) is 60.6 cm³/mol. The second kappa shape index (κ2) is 4.39. The van der Waals surface area contributed by atoms with Gasteiger partial charge in [-0.25, -0.2) is 4.79 Å². The fourth-order valence-corrected chi connectivity index (χ4v) is 2.83. The van der Waals surface area contributed by atoms with E-state index in [1.54, 1.807) is 4.90 Å². The van der Waals surface area contributed by atoms with Crippen LogP contribution in [0.4, 0.5) is 4.79 Å². The molecule has 0 aromatic rings. The van der Waals surface area contributed by atoms with Crippen LogP contribution in [-0.4, -0.2) is 40.8 Å². The highest BCUT2D eigenvalue weighted by Crippen LogP contribution is 2.52. The minimum absolute atomic E-state index is 0.0880. The zero-order chi connectivity index (χ0) is 12.5. The van der Waals surface area contributed by atoms with Gasteiger partial charge >= 0.3 is 12.1 Å². The van der Waals surface area contributed by atoms with Crippen LogP contribution in [0.2, 0.25) is 0 Å². The van der Waals surface area contributed by atoms with Crippen molar-refractivity contribution >= 4 is 12.1 Å². The molecule has 0 aromatic carbocycles. The Morgan fingerprint density at radius 1 is 1.53 bits per heavy atom. The molecule has 0 aromatic heterocycles. The molecule has 5 nitrogen and oxygen atoms in total. The van der Waals surface area contributed by atoms with E-state index in [4.69, 9.17) is 9.84 Å². The Balaban J connectivity index is 1.95. The third kappa shape index (κ3) is 1.90. The summed E-state index contributed by atoms with van der Waals surface area (Å²) in [5.74, 6) is -0.703. The zero-order valence-electron chi connectivity index (χ0n) is 9.72. The van der Waals surface area contributed by atoms with E-state index in [-0.39, 0.29) is 30.6 Å². The van der Waals surface area contributed by atoms with Gasteiger partial charge in [-0.2, -0.15) is 0 Å². The monoisotopic (exact) mass is 239 g/mol. The van der Waals surface area contributed by atoms with Crippen molar-refractivity contribution in [3.8, 4) is 0 Å². The molecule has 1 saturated heterocycles. The number of carboxylic acids is 1. The van der Waals surface area contributed by atoms with E-state index in [9.17, 15) is 9.59 Å². The minimum Gasteiger partial charge on any atom is -0.481 e. The van der Waals surface area contributed by atoms with E-state index >= 15 is 0 Å². The smallest absolute Gasteiger partial charge is 0.410 e. The second-order valence-corrected chi connectivity index (χ2v) is 4.73. The van der Waals surface area contributed by atoms with E-state index in [1.807, 2.05) is 0 Å². The van der Waals surface area contributed by atoms with Crippen molar-refractivity contribution in [2.24, 2.45) is 5.92 Å². The van der Waals surface area contributed by atoms with Gasteiger partial charge in [-0.15, -0.1) is 0 Å². The van der Waals surface area contributed by atoms with E-state index < -0.39 is 5.97 Å². The van der Waals surface area contributed by atoms with Gasteiger partial charge in [0.15, 0.2) is 0 Å². The first-order chi connectivity index (χ1) is 8.10. The highest BCUT2D eigenvalue weighted by molar-refractivity contribution is 5.73. The maximum absolute atomic E-state index is 11.7. The maximum atomic E-state index is 11.7. The normalized spacial score (nSPS) is 24.7. The molecule has 1 amide bonds. The number of likely N-dealkylation sites (tertiary alicyclic amines) is 1. The van der Waals surface area contributed by atoms with E-state index in [0.717, 1.165) is 19.3 Å². The van der Waals surface area contributed by atoms with Gasteiger partial charge in [0, 0.05) is 12.5 Å². The van der Waals surface area contributed by atoms with Gasteiger partial charge in [-0.05, 0) is 19.3 Å². The lowest BCUT2D eigenvalue weighted by atomic mass is 9.60. The largest absolute Gasteiger partial charge is 0.481 e.